The molecule has 4 rings (SSSR count). The van der Waals surface area contributed by atoms with E-state index in [0.29, 0.717) is 36.0 Å². The number of amides is 1. The van der Waals surface area contributed by atoms with Crippen LogP contribution in [0.2, 0.25) is 0 Å². The number of aromatic nitrogens is 2. The number of nitriles is 1. The van der Waals surface area contributed by atoms with Crippen molar-refractivity contribution in [3.63, 3.8) is 0 Å². The van der Waals surface area contributed by atoms with Crippen molar-refractivity contribution in [2.75, 3.05) is 26.1 Å². The van der Waals surface area contributed by atoms with Crippen LogP contribution < -0.4 is 15.8 Å². The number of methoxy groups -OCH3 is 1. The lowest BCUT2D eigenvalue weighted by molar-refractivity contribution is 0.0947. The van der Waals surface area contributed by atoms with Crippen molar-refractivity contribution in [3.05, 3.63) is 65.0 Å². The summed E-state index contributed by atoms with van der Waals surface area (Å²) in [5.74, 6) is -0.332. The molecule has 0 unspecified atom stereocenters. The first kappa shape index (κ1) is 21.3. The zero-order valence-electron chi connectivity index (χ0n) is 17.5. The molecular weight excluding hydrogens is 413 g/mol. The number of nitrogens with one attached hydrogen (secondary N) is 1. The first-order valence-corrected chi connectivity index (χ1v) is 10.1. The van der Waals surface area contributed by atoms with Gasteiger partial charge in [-0.25, -0.2) is 9.07 Å². The number of nitrogens with two attached hydrogens (primary N) is 1. The Balaban J connectivity index is 1.50. The number of nitrogen functional groups attached to an aromatic ring is 1. The van der Waals surface area contributed by atoms with Gasteiger partial charge in [-0.05, 0) is 30.2 Å². The third-order valence-corrected chi connectivity index (χ3v) is 5.40. The van der Waals surface area contributed by atoms with Crippen molar-refractivity contribution >= 4 is 11.7 Å². The van der Waals surface area contributed by atoms with Gasteiger partial charge in [0.2, 0.25) is 0 Å². The summed E-state index contributed by atoms with van der Waals surface area (Å²) in [6, 6.07) is 13.2. The second-order valence-corrected chi connectivity index (χ2v) is 7.41. The van der Waals surface area contributed by atoms with Gasteiger partial charge < -0.3 is 20.5 Å². The van der Waals surface area contributed by atoms with Gasteiger partial charge >= 0.3 is 0 Å². The molecule has 3 N–H and O–H groups in total. The smallest absolute Gasteiger partial charge is 0.255 e. The molecule has 1 fully saturated rings. The highest BCUT2D eigenvalue weighted by Gasteiger charge is 2.25. The van der Waals surface area contributed by atoms with Crippen LogP contribution in [-0.2, 0) is 11.3 Å². The van der Waals surface area contributed by atoms with Gasteiger partial charge in [0.1, 0.15) is 34.7 Å². The Morgan fingerprint density at radius 3 is 2.81 bits per heavy atom. The van der Waals surface area contributed by atoms with Gasteiger partial charge in [-0.1, -0.05) is 24.3 Å². The third kappa shape index (κ3) is 4.13. The molecule has 2 heterocycles. The molecule has 0 bridgehead atoms. The summed E-state index contributed by atoms with van der Waals surface area (Å²) >= 11 is 0. The van der Waals surface area contributed by atoms with Crippen LogP contribution in [0, 0.1) is 17.1 Å². The average Bonchev–Trinajstić information content (AvgIpc) is 3.45. The number of carbonyl (C=O) groups excluding carboxylic acids is 1. The molecule has 9 heteroatoms. The van der Waals surface area contributed by atoms with Crippen LogP contribution in [0.3, 0.4) is 0 Å². The van der Waals surface area contributed by atoms with E-state index in [9.17, 15) is 14.4 Å². The van der Waals surface area contributed by atoms with Crippen molar-refractivity contribution in [3.8, 4) is 23.1 Å². The van der Waals surface area contributed by atoms with E-state index in [0.717, 1.165) is 23.6 Å². The van der Waals surface area contributed by atoms with Crippen LogP contribution in [0.15, 0.2) is 42.5 Å². The average molecular weight is 435 g/mol. The van der Waals surface area contributed by atoms with Crippen LogP contribution in [0.4, 0.5) is 10.2 Å². The molecule has 1 aliphatic rings. The van der Waals surface area contributed by atoms with Crippen LogP contribution in [-0.4, -0.2) is 36.0 Å². The fourth-order valence-corrected chi connectivity index (χ4v) is 3.67. The van der Waals surface area contributed by atoms with E-state index in [1.807, 2.05) is 24.3 Å². The molecule has 1 amide bonds. The quantitative estimate of drug-likeness (QED) is 0.615. The number of nitrogens with zero attached hydrogens (tertiary/aromatic N) is 3. The maximum atomic E-state index is 13.5. The first-order chi connectivity index (χ1) is 15.5. The number of rotatable bonds is 6. The zero-order valence-corrected chi connectivity index (χ0v) is 17.5. The number of hydrogen-bond donors (Lipinski definition) is 2. The molecule has 164 valence electrons. The number of carbonyl (C=O) groups is 1. The molecule has 32 heavy (non-hydrogen) atoms. The molecule has 1 saturated heterocycles. The van der Waals surface area contributed by atoms with E-state index >= 15 is 0 Å². The minimum atomic E-state index is -0.517. The summed E-state index contributed by atoms with van der Waals surface area (Å²) < 4.78 is 25.7. The molecule has 1 aromatic heterocycles. The largest absolute Gasteiger partial charge is 0.496 e. The highest BCUT2D eigenvalue weighted by Crippen LogP contribution is 2.31. The molecule has 0 spiro atoms. The van der Waals surface area contributed by atoms with E-state index in [2.05, 4.69) is 16.5 Å². The lowest BCUT2D eigenvalue weighted by atomic mass is 10.1. The molecule has 2 aromatic carbocycles. The fraction of sp³-hybridized carbons (Fsp3) is 0.261. The van der Waals surface area contributed by atoms with Gasteiger partial charge in [0.15, 0.2) is 0 Å². The standard InChI is InChI=1S/C23H22FN5O3/c1-31-20-7-6-16(24)10-18(20)23(30)27-12-14-2-4-15(5-3-14)21-19(11-25)22(26)29(28-21)17-8-9-32-13-17/h2-7,10,17H,8-9,12-13,26H2,1H3,(H,27,30)/t17-/m0/s1. The van der Waals surface area contributed by atoms with Gasteiger partial charge in [-0.2, -0.15) is 10.4 Å². The maximum Gasteiger partial charge on any atom is 0.255 e. The summed E-state index contributed by atoms with van der Waals surface area (Å²) in [5, 5.41) is 16.9. The Labute approximate surface area is 184 Å². The van der Waals surface area contributed by atoms with E-state index < -0.39 is 11.7 Å². The van der Waals surface area contributed by atoms with E-state index in [4.69, 9.17) is 15.2 Å². The number of benzene rings is 2. The predicted octanol–water partition coefficient (Wildman–Crippen LogP) is 3.04. The lowest BCUT2D eigenvalue weighted by Crippen LogP contribution is -2.23. The molecule has 3 aromatic rings. The minimum absolute atomic E-state index is 0.0187. The van der Waals surface area contributed by atoms with Gasteiger partial charge in [-0.3, -0.25) is 4.79 Å². The number of ether oxygens (including phenoxy) is 2. The molecule has 1 atom stereocenters. The first-order valence-electron chi connectivity index (χ1n) is 10.1. The highest BCUT2D eigenvalue weighted by molar-refractivity contribution is 5.96. The maximum absolute atomic E-state index is 13.5. The summed E-state index contributed by atoms with van der Waals surface area (Å²) in [6.07, 6.45) is 0.797. The fourth-order valence-electron chi connectivity index (χ4n) is 3.67. The van der Waals surface area contributed by atoms with Crippen molar-refractivity contribution in [1.29, 1.82) is 5.26 Å². The Morgan fingerprint density at radius 2 is 2.16 bits per heavy atom. The van der Waals surface area contributed by atoms with Crippen molar-refractivity contribution in [2.45, 2.75) is 19.0 Å². The van der Waals surface area contributed by atoms with Crippen molar-refractivity contribution < 1.29 is 18.7 Å². The van der Waals surface area contributed by atoms with Gasteiger partial charge in [0.05, 0.1) is 25.3 Å². The van der Waals surface area contributed by atoms with E-state index in [1.54, 1.807) is 4.68 Å². The second-order valence-electron chi connectivity index (χ2n) is 7.41. The van der Waals surface area contributed by atoms with Crippen molar-refractivity contribution in [1.82, 2.24) is 15.1 Å². The molecule has 8 nitrogen and oxygen atoms in total. The molecule has 0 saturated carbocycles. The van der Waals surface area contributed by atoms with Crippen LogP contribution >= 0.6 is 0 Å². The summed E-state index contributed by atoms with van der Waals surface area (Å²) in [4.78, 5) is 12.5. The number of halogens is 1. The summed E-state index contributed by atoms with van der Waals surface area (Å²) in [7, 11) is 1.42. The summed E-state index contributed by atoms with van der Waals surface area (Å²) in [6.45, 7) is 1.40. The Kier molecular flexibility index (Phi) is 6.05. The Bertz CT molecular complexity index is 1180. The molecule has 0 aliphatic carbocycles. The zero-order chi connectivity index (χ0) is 22.7. The van der Waals surface area contributed by atoms with Gasteiger partial charge in [0, 0.05) is 18.7 Å². The molecule has 0 radical (unpaired) electrons. The minimum Gasteiger partial charge on any atom is -0.496 e. The predicted molar refractivity (Wildman–Crippen MR) is 115 cm³/mol. The molecule has 1 aliphatic heterocycles. The van der Waals surface area contributed by atoms with Crippen LogP contribution in [0.5, 0.6) is 5.75 Å². The van der Waals surface area contributed by atoms with E-state index in [1.165, 1.54) is 19.2 Å². The lowest BCUT2D eigenvalue weighted by Gasteiger charge is -2.10. The SMILES string of the molecule is COc1ccc(F)cc1C(=O)NCc1ccc(-c2nn([C@H]3CCOC3)c(N)c2C#N)cc1. The monoisotopic (exact) mass is 435 g/mol. The van der Waals surface area contributed by atoms with E-state index in [-0.39, 0.29) is 18.2 Å². The number of anilines is 1. The Hall–Kier alpha value is -3.90. The number of hydrogen-bond acceptors (Lipinski definition) is 6. The normalized spacial score (nSPS) is 15.3. The van der Waals surface area contributed by atoms with Gasteiger partial charge in [-0.15, -0.1) is 0 Å². The van der Waals surface area contributed by atoms with Crippen LogP contribution in [0.25, 0.3) is 11.3 Å². The molecular formula is C23H22FN5O3. The summed E-state index contributed by atoms with van der Waals surface area (Å²) in [5.41, 5.74) is 8.71. The van der Waals surface area contributed by atoms with Crippen LogP contribution in [0.1, 0.15) is 33.9 Å². The van der Waals surface area contributed by atoms with Crippen molar-refractivity contribution in [2.24, 2.45) is 0 Å². The third-order valence-electron chi connectivity index (χ3n) is 5.40. The topological polar surface area (TPSA) is 115 Å². The Morgan fingerprint density at radius 1 is 1.38 bits per heavy atom. The second kappa shape index (κ2) is 9.08. The highest BCUT2D eigenvalue weighted by atomic mass is 19.1. The van der Waals surface area contributed by atoms with Gasteiger partial charge in [0.25, 0.3) is 5.91 Å².